The molecule has 1 aliphatic heterocycles. The summed E-state index contributed by atoms with van der Waals surface area (Å²) in [4.78, 5) is 13.2. The van der Waals surface area contributed by atoms with E-state index in [-0.39, 0.29) is 28.2 Å². The van der Waals surface area contributed by atoms with E-state index in [9.17, 15) is 21.6 Å². The van der Waals surface area contributed by atoms with Crippen LogP contribution < -0.4 is 10.5 Å². The minimum absolute atomic E-state index is 0.0584. The first kappa shape index (κ1) is 22.3. The van der Waals surface area contributed by atoms with Gasteiger partial charge in [-0.1, -0.05) is 0 Å². The summed E-state index contributed by atoms with van der Waals surface area (Å²) < 4.78 is 51.1. The summed E-state index contributed by atoms with van der Waals surface area (Å²) in [5, 5.41) is 0. The summed E-state index contributed by atoms with van der Waals surface area (Å²) in [6.07, 6.45) is 3.28. The first-order chi connectivity index (χ1) is 12.5. The lowest BCUT2D eigenvalue weighted by Crippen LogP contribution is -2.42. The molecule has 1 atom stereocenters. The molecule has 0 spiro atoms. The first-order valence-electron chi connectivity index (χ1n) is 8.51. The smallest absolute Gasteiger partial charge is 0.241 e. The molecule has 3 N–H and O–H groups in total. The van der Waals surface area contributed by atoms with Gasteiger partial charge in [-0.05, 0) is 66.5 Å². The Morgan fingerprint density at radius 3 is 2.67 bits per heavy atom. The molecular formula is C16H24BrN3O5S2. The Bertz CT molecular complexity index is 903. The van der Waals surface area contributed by atoms with Gasteiger partial charge in [-0.25, -0.2) is 21.6 Å². The predicted octanol–water partition coefficient (Wildman–Crippen LogP) is 0.718. The summed E-state index contributed by atoms with van der Waals surface area (Å²) in [6, 6.07) is 3.90. The number of nitrogens with zero attached hydrogens (tertiary/aromatic N) is 1. The monoisotopic (exact) mass is 481 g/mol. The molecule has 0 aliphatic carbocycles. The first-order valence-corrected chi connectivity index (χ1v) is 12.7. The highest BCUT2D eigenvalue weighted by Gasteiger charge is 2.24. The molecular weight excluding hydrogens is 458 g/mol. The number of nitrogens with one attached hydrogen (secondary N) is 1. The van der Waals surface area contributed by atoms with Gasteiger partial charge in [0.1, 0.15) is 0 Å². The van der Waals surface area contributed by atoms with Crippen LogP contribution in [0.25, 0.3) is 0 Å². The molecule has 1 amide bonds. The number of rotatable bonds is 8. The fourth-order valence-electron chi connectivity index (χ4n) is 3.00. The van der Waals surface area contributed by atoms with Gasteiger partial charge in [0, 0.05) is 23.8 Å². The molecule has 8 nitrogen and oxygen atoms in total. The van der Waals surface area contributed by atoms with Gasteiger partial charge in [-0.2, -0.15) is 0 Å². The predicted molar refractivity (Wildman–Crippen MR) is 105 cm³/mol. The van der Waals surface area contributed by atoms with E-state index in [2.05, 4.69) is 25.6 Å². The van der Waals surface area contributed by atoms with Gasteiger partial charge in [0.15, 0.2) is 9.84 Å². The minimum atomic E-state index is -3.85. The summed E-state index contributed by atoms with van der Waals surface area (Å²) in [5.74, 6) is -0.443. The zero-order valence-corrected chi connectivity index (χ0v) is 18.2. The van der Waals surface area contributed by atoms with Crippen molar-refractivity contribution in [3.8, 4) is 0 Å². The molecule has 1 aromatic carbocycles. The van der Waals surface area contributed by atoms with Crippen molar-refractivity contribution in [1.82, 2.24) is 9.62 Å². The Morgan fingerprint density at radius 2 is 2.04 bits per heavy atom. The molecule has 0 radical (unpaired) electrons. The zero-order valence-electron chi connectivity index (χ0n) is 15.0. The number of benzene rings is 1. The Balaban J connectivity index is 1.95. The third kappa shape index (κ3) is 6.24. The average molecular weight is 482 g/mol. The standard InChI is InChI=1S/C16H24BrN3O5S2/c1-26(22,23)13-5-6-14(17)15(10-13)27(24,25)19-7-3-9-20-8-2-4-12(11-20)16(18)21/h5-6,10,12,19H,2-4,7-9,11H2,1H3,(H2,18,21). The van der Waals surface area contributed by atoms with Crippen LogP contribution in [0.5, 0.6) is 0 Å². The van der Waals surface area contributed by atoms with Crippen molar-refractivity contribution in [3.63, 3.8) is 0 Å². The van der Waals surface area contributed by atoms with Crippen LogP contribution in [0.4, 0.5) is 0 Å². The molecule has 0 bridgehead atoms. The summed E-state index contributed by atoms with van der Waals surface area (Å²) in [5.41, 5.74) is 5.36. The second kappa shape index (κ2) is 8.99. The third-order valence-electron chi connectivity index (χ3n) is 4.47. The summed E-state index contributed by atoms with van der Waals surface area (Å²) in [6.45, 7) is 2.31. The maximum absolute atomic E-state index is 12.5. The number of likely N-dealkylation sites (tertiary alicyclic amines) is 1. The maximum atomic E-state index is 12.5. The lowest BCUT2D eigenvalue weighted by Gasteiger charge is -2.31. The lowest BCUT2D eigenvalue weighted by molar-refractivity contribution is -0.123. The largest absolute Gasteiger partial charge is 0.369 e. The number of carbonyl (C=O) groups excluding carboxylic acids is 1. The molecule has 11 heteroatoms. The molecule has 1 fully saturated rings. The highest BCUT2D eigenvalue weighted by atomic mass is 79.9. The number of hydrogen-bond acceptors (Lipinski definition) is 6. The number of hydrogen-bond donors (Lipinski definition) is 2. The van der Waals surface area contributed by atoms with Crippen molar-refractivity contribution in [2.45, 2.75) is 29.1 Å². The Kier molecular flexibility index (Phi) is 7.42. The molecule has 2 rings (SSSR count). The van der Waals surface area contributed by atoms with E-state index in [1.165, 1.54) is 12.1 Å². The number of sulfonamides is 1. The summed E-state index contributed by atoms with van der Waals surface area (Å²) in [7, 11) is -7.37. The van der Waals surface area contributed by atoms with Crippen molar-refractivity contribution in [1.29, 1.82) is 0 Å². The van der Waals surface area contributed by atoms with E-state index >= 15 is 0 Å². The molecule has 27 heavy (non-hydrogen) atoms. The van der Waals surface area contributed by atoms with E-state index in [1.54, 1.807) is 0 Å². The molecule has 1 unspecified atom stereocenters. The number of halogens is 1. The normalized spacial score (nSPS) is 19.1. The molecule has 0 saturated carbocycles. The fourth-order valence-corrected chi connectivity index (χ4v) is 5.78. The third-order valence-corrected chi connectivity index (χ3v) is 8.04. The van der Waals surface area contributed by atoms with Crippen LogP contribution in [-0.4, -0.2) is 60.1 Å². The zero-order chi connectivity index (χ0) is 20.2. The fraction of sp³-hybridized carbons (Fsp3) is 0.562. The van der Waals surface area contributed by atoms with Crippen LogP contribution in [0.1, 0.15) is 19.3 Å². The number of amides is 1. The van der Waals surface area contributed by atoms with Gasteiger partial charge in [0.05, 0.1) is 15.7 Å². The van der Waals surface area contributed by atoms with Crippen molar-refractivity contribution in [2.24, 2.45) is 11.7 Å². The van der Waals surface area contributed by atoms with Crippen LogP contribution in [0.15, 0.2) is 32.5 Å². The maximum Gasteiger partial charge on any atom is 0.241 e. The molecule has 1 aliphatic rings. The number of piperidine rings is 1. The second-order valence-corrected chi connectivity index (χ2v) is 11.3. The molecule has 0 aromatic heterocycles. The van der Waals surface area contributed by atoms with Gasteiger partial charge in [-0.15, -0.1) is 0 Å². The van der Waals surface area contributed by atoms with Gasteiger partial charge >= 0.3 is 0 Å². The number of carbonyl (C=O) groups is 1. The van der Waals surface area contributed by atoms with E-state index in [0.717, 1.165) is 31.7 Å². The van der Waals surface area contributed by atoms with Crippen LogP contribution in [0.3, 0.4) is 0 Å². The number of sulfone groups is 1. The van der Waals surface area contributed by atoms with E-state index < -0.39 is 19.9 Å². The van der Waals surface area contributed by atoms with E-state index in [4.69, 9.17) is 5.73 Å². The second-order valence-electron chi connectivity index (χ2n) is 6.66. The Labute approximate surface area is 168 Å². The van der Waals surface area contributed by atoms with Gasteiger partial charge in [0.2, 0.25) is 15.9 Å². The van der Waals surface area contributed by atoms with Gasteiger partial charge in [-0.3, -0.25) is 4.79 Å². The minimum Gasteiger partial charge on any atom is -0.369 e. The molecule has 152 valence electrons. The molecule has 1 heterocycles. The van der Waals surface area contributed by atoms with Gasteiger partial charge < -0.3 is 10.6 Å². The number of nitrogens with two attached hydrogens (primary N) is 1. The average Bonchev–Trinajstić information content (AvgIpc) is 2.58. The SMILES string of the molecule is CS(=O)(=O)c1ccc(Br)c(S(=O)(=O)NCCCN2CCCC(C(N)=O)C2)c1. The van der Waals surface area contributed by atoms with Crippen molar-refractivity contribution < 1.29 is 21.6 Å². The van der Waals surface area contributed by atoms with Crippen molar-refractivity contribution >= 4 is 41.7 Å². The van der Waals surface area contributed by atoms with Crippen molar-refractivity contribution in [3.05, 3.63) is 22.7 Å². The molecule has 1 aromatic rings. The van der Waals surface area contributed by atoms with Crippen LogP contribution >= 0.6 is 15.9 Å². The van der Waals surface area contributed by atoms with Crippen molar-refractivity contribution in [2.75, 3.05) is 32.4 Å². The topological polar surface area (TPSA) is 127 Å². The van der Waals surface area contributed by atoms with E-state index in [1.807, 2.05) is 0 Å². The number of primary amides is 1. The Morgan fingerprint density at radius 1 is 1.33 bits per heavy atom. The van der Waals surface area contributed by atoms with Crippen LogP contribution in [0.2, 0.25) is 0 Å². The quantitative estimate of drug-likeness (QED) is 0.526. The van der Waals surface area contributed by atoms with Crippen LogP contribution in [-0.2, 0) is 24.7 Å². The Hall–Kier alpha value is -1.01. The van der Waals surface area contributed by atoms with E-state index in [0.29, 0.717) is 24.0 Å². The van der Waals surface area contributed by atoms with Crippen LogP contribution in [0, 0.1) is 5.92 Å². The van der Waals surface area contributed by atoms with Gasteiger partial charge in [0.25, 0.3) is 0 Å². The molecule has 1 saturated heterocycles. The summed E-state index contributed by atoms with van der Waals surface area (Å²) >= 11 is 3.16. The lowest BCUT2D eigenvalue weighted by atomic mass is 9.97. The highest BCUT2D eigenvalue weighted by molar-refractivity contribution is 9.10. The highest BCUT2D eigenvalue weighted by Crippen LogP contribution is 2.25.